The lowest BCUT2D eigenvalue weighted by Gasteiger charge is -2.11. The first-order valence-corrected chi connectivity index (χ1v) is 4.99. The summed E-state index contributed by atoms with van der Waals surface area (Å²) in [6.45, 7) is 2.15. The lowest BCUT2D eigenvalue weighted by molar-refractivity contribution is 0.602. The van der Waals surface area contributed by atoms with Gasteiger partial charge in [-0.25, -0.2) is 4.98 Å². The number of rotatable bonds is 4. The smallest absolute Gasteiger partial charge is 0.133 e. The van der Waals surface area contributed by atoms with Crippen LogP contribution in [0.5, 0.6) is 0 Å². The van der Waals surface area contributed by atoms with E-state index in [0.29, 0.717) is 5.15 Å². The number of halogens is 1. The van der Waals surface area contributed by atoms with Gasteiger partial charge >= 0.3 is 0 Å². The van der Waals surface area contributed by atoms with Gasteiger partial charge in [-0.1, -0.05) is 37.4 Å². The van der Waals surface area contributed by atoms with Crippen LogP contribution in [0.25, 0.3) is 0 Å². The van der Waals surface area contributed by atoms with Crippen LogP contribution in [-0.2, 0) is 0 Å². The van der Waals surface area contributed by atoms with Gasteiger partial charge in [0.15, 0.2) is 0 Å². The van der Waals surface area contributed by atoms with Gasteiger partial charge in [0.05, 0.1) is 0 Å². The van der Waals surface area contributed by atoms with Crippen LogP contribution in [0, 0.1) is 0 Å². The van der Waals surface area contributed by atoms with Crippen LogP contribution in [0.2, 0.25) is 5.15 Å². The second-order valence-electron chi connectivity index (χ2n) is 3.13. The first-order valence-electron chi connectivity index (χ1n) is 4.61. The van der Waals surface area contributed by atoms with Crippen LogP contribution >= 0.6 is 11.6 Å². The number of hydrogen-bond donors (Lipinski definition) is 1. The molecule has 0 amide bonds. The maximum Gasteiger partial charge on any atom is 0.133 e. The van der Waals surface area contributed by atoms with Crippen molar-refractivity contribution < 1.29 is 0 Å². The van der Waals surface area contributed by atoms with Gasteiger partial charge in [-0.05, 0) is 12.5 Å². The molecule has 1 aromatic heterocycles. The molecule has 13 heavy (non-hydrogen) atoms. The summed E-state index contributed by atoms with van der Waals surface area (Å²) in [5.41, 5.74) is 6.91. The number of nitrogens with two attached hydrogens (primary N) is 1. The SMILES string of the molecule is CCCC[C@@H](N)c1cccnc1Cl. The minimum atomic E-state index is 0.0288. The van der Waals surface area contributed by atoms with E-state index >= 15 is 0 Å². The molecule has 0 aliphatic carbocycles. The average molecular weight is 199 g/mol. The van der Waals surface area contributed by atoms with Gasteiger partial charge in [0.25, 0.3) is 0 Å². The second kappa shape index (κ2) is 5.20. The van der Waals surface area contributed by atoms with Gasteiger partial charge in [0.2, 0.25) is 0 Å². The van der Waals surface area contributed by atoms with E-state index in [0.717, 1.165) is 24.8 Å². The van der Waals surface area contributed by atoms with E-state index in [9.17, 15) is 0 Å². The minimum absolute atomic E-state index is 0.0288. The average Bonchev–Trinajstić information content (AvgIpc) is 2.15. The van der Waals surface area contributed by atoms with Crippen molar-refractivity contribution in [3.8, 4) is 0 Å². The van der Waals surface area contributed by atoms with Crippen LogP contribution in [0.1, 0.15) is 37.8 Å². The van der Waals surface area contributed by atoms with Gasteiger partial charge in [0, 0.05) is 17.8 Å². The van der Waals surface area contributed by atoms with Crippen molar-refractivity contribution in [1.29, 1.82) is 0 Å². The van der Waals surface area contributed by atoms with Crippen molar-refractivity contribution in [1.82, 2.24) is 4.98 Å². The molecule has 0 radical (unpaired) electrons. The molecule has 0 spiro atoms. The largest absolute Gasteiger partial charge is 0.324 e. The van der Waals surface area contributed by atoms with E-state index in [2.05, 4.69) is 11.9 Å². The van der Waals surface area contributed by atoms with Crippen molar-refractivity contribution in [3.05, 3.63) is 29.0 Å². The summed E-state index contributed by atoms with van der Waals surface area (Å²) in [6, 6.07) is 3.84. The number of pyridine rings is 1. The zero-order valence-corrected chi connectivity index (χ0v) is 8.59. The molecule has 72 valence electrons. The van der Waals surface area contributed by atoms with Gasteiger partial charge in [-0.3, -0.25) is 0 Å². The summed E-state index contributed by atoms with van der Waals surface area (Å²) >= 11 is 5.91. The Hall–Kier alpha value is -0.600. The Morgan fingerprint density at radius 2 is 2.38 bits per heavy atom. The number of unbranched alkanes of at least 4 members (excludes halogenated alkanes) is 1. The molecule has 2 nitrogen and oxygen atoms in total. The zero-order valence-electron chi connectivity index (χ0n) is 7.83. The zero-order chi connectivity index (χ0) is 9.68. The van der Waals surface area contributed by atoms with Gasteiger partial charge in [-0.15, -0.1) is 0 Å². The summed E-state index contributed by atoms with van der Waals surface area (Å²) in [6.07, 6.45) is 4.94. The van der Waals surface area contributed by atoms with Crippen molar-refractivity contribution in [2.45, 2.75) is 32.2 Å². The van der Waals surface area contributed by atoms with E-state index < -0.39 is 0 Å². The molecule has 0 unspecified atom stereocenters. The third-order valence-corrected chi connectivity index (χ3v) is 2.37. The Morgan fingerprint density at radius 3 is 3.00 bits per heavy atom. The van der Waals surface area contributed by atoms with E-state index in [1.54, 1.807) is 6.20 Å². The van der Waals surface area contributed by atoms with E-state index in [4.69, 9.17) is 17.3 Å². The molecule has 1 rings (SSSR count). The minimum Gasteiger partial charge on any atom is -0.324 e. The normalized spacial score (nSPS) is 12.8. The van der Waals surface area contributed by atoms with Gasteiger partial charge < -0.3 is 5.73 Å². The van der Waals surface area contributed by atoms with E-state index in [-0.39, 0.29) is 6.04 Å². The summed E-state index contributed by atoms with van der Waals surface area (Å²) in [4.78, 5) is 3.99. The maximum absolute atomic E-state index is 5.96. The Kier molecular flexibility index (Phi) is 4.19. The predicted molar refractivity (Wildman–Crippen MR) is 55.7 cm³/mol. The summed E-state index contributed by atoms with van der Waals surface area (Å²) in [5, 5.41) is 0.533. The highest BCUT2D eigenvalue weighted by Gasteiger charge is 2.09. The summed E-state index contributed by atoms with van der Waals surface area (Å²) < 4.78 is 0. The number of hydrogen-bond acceptors (Lipinski definition) is 2. The fraction of sp³-hybridized carbons (Fsp3) is 0.500. The monoisotopic (exact) mass is 198 g/mol. The molecular formula is C10H15ClN2. The third-order valence-electron chi connectivity index (χ3n) is 2.06. The molecule has 0 aliphatic rings. The number of aromatic nitrogens is 1. The number of nitrogens with zero attached hydrogens (tertiary/aromatic N) is 1. The van der Waals surface area contributed by atoms with Gasteiger partial charge in [0.1, 0.15) is 5.15 Å². The summed E-state index contributed by atoms with van der Waals surface area (Å²) in [7, 11) is 0. The molecule has 1 atom stereocenters. The fourth-order valence-corrected chi connectivity index (χ4v) is 1.51. The predicted octanol–water partition coefficient (Wildman–Crippen LogP) is 2.93. The molecule has 0 saturated heterocycles. The molecule has 3 heteroatoms. The molecule has 1 aromatic rings. The lowest BCUT2D eigenvalue weighted by atomic mass is 10.0. The Morgan fingerprint density at radius 1 is 1.62 bits per heavy atom. The molecule has 0 fully saturated rings. The quantitative estimate of drug-likeness (QED) is 0.756. The van der Waals surface area contributed by atoms with E-state index in [1.807, 2.05) is 12.1 Å². The van der Waals surface area contributed by atoms with Crippen molar-refractivity contribution >= 4 is 11.6 Å². The van der Waals surface area contributed by atoms with E-state index in [1.165, 1.54) is 0 Å². The summed E-state index contributed by atoms with van der Waals surface area (Å²) in [5.74, 6) is 0. The standard InChI is InChI=1S/C10H15ClN2/c1-2-3-6-9(12)8-5-4-7-13-10(8)11/h4-5,7,9H,2-3,6,12H2,1H3/t9-/m1/s1. The fourth-order valence-electron chi connectivity index (χ4n) is 1.25. The highest BCUT2D eigenvalue weighted by Crippen LogP contribution is 2.22. The Bertz CT molecular complexity index is 263. The van der Waals surface area contributed by atoms with Crippen molar-refractivity contribution in [2.24, 2.45) is 5.73 Å². The molecule has 0 bridgehead atoms. The third kappa shape index (κ3) is 2.98. The van der Waals surface area contributed by atoms with Crippen LogP contribution in [0.3, 0.4) is 0 Å². The molecule has 0 aromatic carbocycles. The molecule has 2 N–H and O–H groups in total. The van der Waals surface area contributed by atoms with Crippen molar-refractivity contribution in [2.75, 3.05) is 0 Å². The lowest BCUT2D eigenvalue weighted by Crippen LogP contribution is -2.10. The van der Waals surface area contributed by atoms with Gasteiger partial charge in [-0.2, -0.15) is 0 Å². The van der Waals surface area contributed by atoms with Crippen LogP contribution in [0.4, 0.5) is 0 Å². The van der Waals surface area contributed by atoms with Crippen LogP contribution < -0.4 is 5.73 Å². The second-order valence-corrected chi connectivity index (χ2v) is 3.49. The highest BCUT2D eigenvalue weighted by atomic mass is 35.5. The van der Waals surface area contributed by atoms with Crippen LogP contribution in [-0.4, -0.2) is 4.98 Å². The van der Waals surface area contributed by atoms with Crippen LogP contribution in [0.15, 0.2) is 18.3 Å². The topological polar surface area (TPSA) is 38.9 Å². The maximum atomic E-state index is 5.96. The molecule has 1 heterocycles. The Labute approximate surface area is 84.1 Å². The highest BCUT2D eigenvalue weighted by molar-refractivity contribution is 6.30. The molecular weight excluding hydrogens is 184 g/mol. The van der Waals surface area contributed by atoms with Crippen molar-refractivity contribution in [3.63, 3.8) is 0 Å². The molecule has 0 aliphatic heterocycles. The first-order chi connectivity index (χ1) is 6.25. The first kappa shape index (κ1) is 10.5. The molecule has 0 saturated carbocycles. The Balaban J connectivity index is 2.65.